The van der Waals surface area contributed by atoms with Crippen LogP contribution < -0.4 is 11.1 Å². The van der Waals surface area contributed by atoms with E-state index in [2.05, 4.69) is 10.3 Å². The van der Waals surface area contributed by atoms with E-state index in [0.29, 0.717) is 47.4 Å². The number of anilines is 2. The molecule has 1 saturated heterocycles. The molecule has 1 aromatic heterocycles. The van der Waals surface area contributed by atoms with Crippen molar-refractivity contribution in [2.45, 2.75) is 56.3 Å². The molecule has 3 atom stereocenters. The van der Waals surface area contributed by atoms with Crippen molar-refractivity contribution in [2.24, 2.45) is 17.8 Å². The number of nitrogens with two attached hydrogens (primary N) is 1. The van der Waals surface area contributed by atoms with Crippen LogP contribution in [0, 0.1) is 17.8 Å². The Morgan fingerprint density at radius 3 is 2.79 bits per heavy atom. The molecule has 0 aromatic carbocycles. The molecule has 28 heavy (non-hydrogen) atoms. The monoisotopic (exact) mass is 406 g/mol. The average Bonchev–Trinajstić information content (AvgIpc) is 3.08. The first kappa shape index (κ1) is 18.3. The third-order valence-electron chi connectivity index (χ3n) is 7.06. The fourth-order valence-electron chi connectivity index (χ4n) is 6.13. The molecule has 152 valence electrons. The molecular formula is C20H27ClN4O3. The SMILES string of the molecule is Nc1cc(Cl)cnc1N[C@@H]1CCN(C(=O)OC2C3CC4CC2CC(O)(C4)C3)C1. The summed E-state index contributed by atoms with van der Waals surface area (Å²) < 4.78 is 5.98. The summed E-state index contributed by atoms with van der Waals surface area (Å²) in [7, 11) is 0. The molecule has 0 spiro atoms. The highest BCUT2D eigenvalue weighted by Crippen LogP contribution is 2.56. The van der Waals surface area contributed by atoms with Crippen molar-refractivity contribution >= 4 is 29.2 Å². The Bertz CT molecular complexity index is 775. The second kappa shape index (κ2) is 6.66. The molecule has 6 rings (SSSR count). The number of amides is 1. The van der Waals surface area contributed by atoms with Crippen LogP contribution in [0.5, 0.6) is 0 Å². The van der Waals surface area contributed by atoms with Gasteiger partial charge >= 0.3 is 6.09 Å². The number of carbonyl (C=O) groups excluding carboxylic acids is 1. The Morgan fingerprint density at radius 2 is 2.11 bits per heavy atom. The summed E-state index contributed by atoms with van der Waals surface area (Å²) in [5, 5.41) is 14.5. The average molecular weight is 407 g/mol. The smallest absolute Gasteiger partial charge is 0.410 e. The van der Waals surface area contributed by atoms with Crippen LogP contribution in [0.2, 0.25) is 5.02 Å². The molecule has 8 heteroatoms. The van der Waals surface area contributed by atoms with Crippen molar-refractivity contribution in [1.29, 1.82) is 0 Å². The first-order chi connectivity index (χ1) is 13.4. The zero-order valence-corrected chi connectivity index (χ0v) is 16.6. The number of carbonyl (C=O) groups is 1. The zero-order valence-electron chi connectivity index (χ0n) is 15.8. The zero-order chi connectivity index (χ0) is 19.5. The largest absolute Gasteiger partial charge is 0.446 e. The second-order valence-electron chi connectivity index (χ2n) is 9.21. The highest BCUT2D eigenvalue weighted by molar-refractivity contribution is 6.30. The van der Waals surface area contributed by atoms with Gasteiger partial charge in [0.25, 0.3) is 0 Å². The molecule has 1 aliphatic heterocycles. The van der Waals surface area contributed by atoms with Crippen LogP contribution in [0.1, 0.15) is 38.5 Å². The number of aliphatic hydroxyl groups is 1. The minimum atomic E-state index is -0.506. The second-order valence-corrected chi connectivity index (χ2v) is 9.65. The van der Waals surface area contributed by atoms with Crippen LogP contribution >= 0.6 is 11.6 Å². The fraction of sp³-hybridized carbons (Fsp3) is 0.700. The first-order valence-electron chi connectivity index (χ1n) is 10.2. The molecule has 2 heterocycles. The molecule has 7 nitrogen and oxygen atoms in total. The number of nitrogen functional groups attached to an aromatic ring is 1. The highest BCUT2D eigenvalue weighted by Gasteiger charge is 2.56. The molecule has 4 bridgehead atoms. The molecule has 2 unspecified atom stereocenters. The van der Waals surface area contributed by atoms with Crippen molar-refractivity contribution in [3.05, 3.63) is 17.3 Å². The van der Waals surface area contributed by atoms with E-state index < -0.39 is 5.60 Å². The van der Waals surface area contributed by atoms with Crippen molar-refractivity contribution in [3.8, 4) is 0 Å². The van der Waals surface area contributed by atoms with E-state index in [4.69, 9.17) is 22.1 Å². The van der Waals surface area contributed by atoms with Gasteiger partial charge in [-0.2, -0.15) is 0 Å². The summed E-state index contributed by atoms with van der Waals surface area (Å²) in [6, 6.07) is 1.75. The van der Waals surface area contributed by atoms with E-state index in [1.807, 2.05) is 0 Å². The fourth-order valence-corrected chi connectivity index (χ4v) is 6.30. The number of likely N-dealkylation sites (tertiary alicyclic amines) is 1. The van der Waals surface area contributed by atoms with Crippen molar-refractivity contribution in [3.63, 3.8) is 0 Å². The van der Waals surface area contributed by atoms with Crippen LogP contribution in [0.4, 0.5) is 16.3 Å². The quantitative estimate of drug-likeness (QED) is 0.713. The molecule has 5 aliphatic rings. The topological polar surface area (TPSA) is 101 Å². The predicted octanol–water partition coefficient (Wildman–Crippen LogP) is 2.88. The number of halogens is 1. The van der Waals surface area contributed by atoms with E-state index in [9.17, 15) is 9.90 Å². The van der Waals surface area contributed by atoms with Gasteiger partial charge in [-0.3, -0.25) is 0 Å². The van der Waals surface area contributed by atoms with E-state index >= 15 is 0 Å². The van der Waals surface area contributed by atoms with Gasteiger partial charge in [-0.05, 0) is 62.3 Å². The lowest BCUT2D eigenvalue weighted by molar-refractivity contribution is -0.177. The van der Waals surface area contributed by atoms with Crippen molar-refractivity contribution in [2.75, 3.05) is 24.1 Å². The van der Waals surface area contributed by atoms with Crippen LogP contribution in [0.3, 0.4) is 0 Å². The van der Waals surface area contributed by atoms with Crippen molar-refractivity contribution < 1.29 is 14.6 Å². The lowest BCUT2D eigenvalue weighted by Gasteiger charge is -2.57. The van der Waals surface area contributed by atoms with Crippen LogP contribution in [-0.4, -0.2) is 51.9 Å². The molecule has 4 saturated carbocycles. The van der Waals surface area contributed by atoms with Gasteiger partial charge in [-0.15, -0.1) is 0 Å². The van der Waals surface area contributed by atoms with Crippen LogP contribution in [0.25, 0.3) is 0 Å². The maximum Gasteiger partial charge on any atom is 0.410 e. The van der Waals surface area contributed by atoms with Gasteiger partial charge in [0, 0.05) is 25.3 Å². The third-order valence-corrected chi connectivity index (χ3v) is 7.27. The summed E-state index contributed by atoms with van der Waals surface area (Å²) in [6.45, 7) is 1.22. The maximum absolute atomic E-state index is 12.8. The third kappa shape index (κ3) is 3.28. The Kier molecular flexibility index (Phi) is 4.36. The first-order valence-corrected chi connectivity index (χ1v) is 10.6. The van der Waals surface area contributed by atoms with Gasteiger partial charge in [0.1, 0.15) is 11.9 Å². The number of ether oxygens (including phenoxy) is 1. The predicted molar refractivity (Wildman–Crippen MR) is 106 cm³/mol. The number of pyridine rings is 1. The lowest BCUT2D eigenvalue weighted by atomic mass is 9.53. The molecule has 4 aliphatic carbocycles. The van der Waals surface area contributed by atoms with E-state index in [1.54, 1.807) is 17.2 Å². The van der Waals surface area contributed by atoms with Gasteiger partial charge < -0.3 is 25.8 Å². The van der Waals surface area contributed by atoms with E-state index in [-0.39, 0.29) is 18.2 Å². The molecule has 1 aromatic rings. The molecule has 5 fully saturated rings. The number of rotatable bonds is 3. The van der Waals surface area contributed by atoms with Gasteiger partial charge in [-0.1, -0.05) is 11.6 Å². The van der Waals surface area contributed by atoms with Crippen LogP contribution in [0.15, 0.2) is 12.3 Å². The van der Waals surface area contributed by atoms with Gasteiger partial charge in [0.05, 0.1) is 16.3 Å². The summed E-state index contributed by atoms with van der Waals surface area (Å²) in [6.07, 6.45) is 6.77. The summed E-state index contributed by atoms with van der Waals surface area (Å²) in [5.41, 5.74) is 5.95. The Morgan fingerprint density at radius 1 is 1.36 bits per heavy atom. The maximum atomic E-state index is 12.8. The van der Waals surface area contributed by atoms with Gasteiger partial charge in [0.2, 0.25) is 0 Å². The molecule has 0 radical (unpaired) electrons. The summed E-state index contributed by atoms with van der Waals surface area (Å²) in [4.78, 5) is 18.8. The summed E-state index contributed by atoms with van der Waals surface area (Å²) in [5.74, 6) is 1.83. The van der Waals surface area contributed by atoms with Gasteiger partial charge in [0.15, 0.2) is 0 Å². The number of nitrogens with zero attached hydrogens (tertiary/aromatic N) is 2. The Labute approximate surface area is 169 Å². The molecule has 1 amide bonds. The normalized spacial score (nSPS) is 38.6. The number of hydrogen-bond acceptors (Lipinski definition) is 6. The Hall–Kier alpha value is -1.73. The van der Waals surface area contributed by atoms with Crippen molar-refractivity contribution in [1.82, 2.24) is 9.88 Å². The molecular weight excluding hydrogens is 380 g/mol. The minimum absolute atomic E-state index is 0.0371. The minimum Gasteiger partial charge on any atom is -0.446 e. The highest BCUT2D eigenvalue weighted by atomic mass is 35.5. The lowest BCUT2D eigenvalue weighted by Crippen LogP contribution is -2.58. The number of aromatic nitrogens is 1. The number of hydrogen-bond donors (Lipinski definition) is 3. The summed E-state index contributed by atoms with van der Waals surface area (Å²) >= 11 is 5.90. The number of nitrogens with one attached hydrogen (secondary N) is 1. The van der Waals surface area contributed by atoms with Gasteiger partial charge in [-0.25, -0.2) is 9.78 Å². The molecule has 4 N–H and O–H groups in total. The van der Waals surface area contributed by atoms with Crippen LogP contribution in [-0.2, 0) is 4.74 Å². The van der Waals surface area contributed by atoms with E-state index in [1.165, 1.54) is 0 Å². The standard InChI is InChI=1S/C20H27ClN4O3/c21-14-5-16(22)18(23-9-14)24-15-1-2-25(10-15)19(26)28-17-12-3-11-4-13(17)8-20(27,6-11)7-12/h5,9,11-13,15,17,27H,1-4,6-8,10,22H2,(H,23,24)/t11?,12?,13?,15-,17?,20?/m1/s1. The Balaban J connectivity index is 1.18. The van der Waals surface area contributed by atoms with E-state index in [0.717, 1.165) is 38.5 Å².